The third kappa shape index (κ3) is 6.23. The van der Waals surface area contributed by atoms with Crippen molar-refractivity contribution in [2.45, 2.75) is 12.8 Å². The first-order valence-electron chi connectivity index (χ1n) is 10.8. The summed E-state index contributed by atoms with van der Waals surface area (Å²) in [5.41, 5.74) is -0.0999. The van der Waals surface area contributed by atoms with Crippen molar-refractivity contribution in [1.82, 2.24) is 0 Å². The third-order valence-electron chi connectivity index (χ3n) is 5.41. The van der Waals surface area contributed by atoms with E-state index in [9.17, 15) is 23.2 Å². The highest BCUT2D eigenvalue weighted by molar-refractivity contribution is 6.42. The Labute approximate surface area is 220 Å². The number of carbonyl (C=O) groups excluding carboxylic acids is 1. The lowest BCUT2D eigenvalue weighted by molar-refractivity contribution is -0.137. The van der Waals surface area contributed by atoms with Crippen LogP contribution in [0, 0.1) is 11.3 Å². The third-order valence-corrected chi connectivity index (χ3v) is 6.15. The fourth-order valence-corrected chi connectivity index (χ4v) is 3.93. The topological polar surface area (TPSA) is 62.1 Å². The summed E-state index contributed by atoms with van der Waals surface area (Å²) in [5.74, 6) is -0.463. The molecule has 0 aliphatic carbocycles. The van der Waals surface area contributed by atoms with Crippen molar-refractivity contribution in [3.63, 3.8) is 0 Å². The van der Waals surface area contributed by atoms with Gasteiger partial charge in [0.1, 0.15) is 24.0 Å². The first kappa shape index (κ1) is 26.1. The lowest BCUT2D eigenvalue weighted by Crippen LogP contribution is -2.14. The van der Waals surface area contributed by atoms with Crippen LogP contribution in [-0.2, 0) is 17.6 Å². The van der Waals surface area contributed by atoms with Crippen LogP contribution in [0.1, 0.15) is 16.7 Å². The minimum Gasteiger partial charge on any atom is -0.488 e. The van der Waals surface area contributed by atoms with E-state index in [0.717, 1.165) is 23.1 Å². The van der Waals surface area contributed by atoms with Crippen LogP contribution in [-0.4, -0.2) is 5.91 Å². The van der Waals surface area contributed by atoms with E-state index in [2.05, 4.69) is 5.32 Å². The number of ether oxygens (including phenoxy) is 1. The van der Waals surface area contributed by atoms with Gasteiger partial charge in [0.15, 0.2) is 0 Å². The van der Waals surface area contributed by atoms with Gasteiger partial charge < -0.3 is 10.1 Å². The maximum absolute atomic E-state index is 13.0. The molecule has 4 rings (SSSR count). The number of nitrogens with one attached hydrogen (secondary N) is 1. The highest BCUT2D eigenvalue weighted by atomic mass is 35.5. The van der Waals surface area contributed by atoms with Gasteiger partial charge in [-0.1, -0.05) is 65.7 Å². The van der Waals surface area contributed by atoms with Gasteiger partial charge in [0, 0.05) is 11.3 Å². The lowest BCUT2D eigenvalue weighted by Gasteiger charge is -2.13. The molecule has 9 heteroatoms. The van der Waals surface area contributed by atoms with Gasteiger partial charge in [0.05, 0.1) is 15.6 Å². The Morgan fingerprint density at radius 3 is 2.49 bits per heavy atom. The van der Waals surface area contributed by atoms with Gasteiger partial charge in [-0.05, 0) is 58.8 Å². The number of alkyl halides is 3. The summed E-state index contributed by atoms with van der Waals surface area (Å²) in [6, 6.07) is 22.0. The molecule has 0 atom stereocenters. The van der Waals surface area contributed by atoms with Crippen molar-refractivity contribution in [3.8, 4) is 11.8 Å². The summed E-state index contributed by atoms with van der Waals surface area (Å²) >= 11 is 12.1. The molecule has 0 radical (unpaired) electrons. The maximum Gasteiger partial charge on any atom is 0.416 e. The number of carbonyl (C=O) groups is 1. The molecule has 4 aromatic carbocycles. The molecular formula is C28H17Cl2F3N2O2. The Morgan fingerprint density at radius 1 is 0.973 bits per heavy atom. The van der Waals surface area contributed by atoms with Gasteiger partial charge in [-0.25, -0.2) is 0 Å². The first-order chi connectivity index (χ1) is 17.7. The summed E-state index contributed by atoms with van der Waals surface area (Å²) in [4.78, 5) is 12.9. The standard InChI is InChI=1S/C28H17Cl2F3N2O2/c29-24-10-8-17(12-25(24)30)16-37-26-11-9-18-4-1-2-7-22(18)23(26)13-19(15-34)27(36)35-21-6-3-5-20(14-21)28(31,32)33/h1-14H,16H2,(H,35,36)/b19-13+. The largest absolute Gasteiger partial charge is 0.488 e. The Bertz CT molecular complexity index is 1560. The Hall–Kier alpha value is -3.99. The summed E-state index contributed by atoms with van der Waals surface area (Å²) in [5, 5.41) is 14.4. The average Bonchev–Trinajstić information content (AvgIpc) is 2.87. The molecule has 4 nitrogen and oxygen atoms in total. The number of nitriles is 1. The van der Waals surface area contributed by atoms with E-state index in [4.69, 9.17) is 27.9 Å². The number of nitrogens with zero attached hydrogens (tertiary/aromatic N) is 1. The van der Waals surface area contributed by atoms with Crippen molar-refractivity contribution in [1.29, 1.82) is 5.26 Å². The average molecular weight is 541 g/mol. The zero-order chi connectivity index (χ0) is 26.6. The van der Waals surface area contributed by atoms with E-state index in [1.54, 1.807) is 30.3 Å². The van der Waals surface area contributed by atoms with Gasteiger partial charge in [0.25, 0.3) is 5.91 Å². The predicted octanol–water partition coefficient (Wildman–Crippen LogP) is 8.29. The highest BCUT2D eigenvalue weighted by Gasteiger charge is 2.30. The van der Waals surface area contributed by atoms with Crippen molar-refractivity contribution in [2.75, 3.05) is 5.32 Å². The van der Waals surface area contributed by atoms with Crippen LogP contribution in [0.2, 0.25) is 10.0 Å². The summed E-state index contributed by atoms with van der Waals surface area (Å²) < 4.78 is 45.1. The SMILES string of the molecule is N#C/C(=C\c1c(OCc2ccc(Cl)c(Cl)c2)ccc2ccccc12)C(=O)Nc1cccc(C(F)(F)F)c1. The smallest absolute Gasteiger partial charge is 0.416 e. The molecule has 0 aliphatic rings. The van der Waals surface area contributed by atoms with Gasteiger partial charge in [0.2, 0.25) is 0 Å². The molecule has 37 heavy (non-hydrogen) atoms. The quantitative estimate of drug-likeness (QED) is 0.197. The summed E-state index contributed by atoms with van der Waals surface area (Å²) in [6.07, 6.45) is -3.21. The molecule has 0 aliphatic heterocycles. The van der Waals surface area contributed by atoms with E-state index >= 15 is 0 Å². The molecule has 0 fully saturated rings. The zero-order valence-corrected chi connectivity index (χ0v) is 20.5. The number of rotatable bonds is 6. The Morgan fingerprint density at radius 2 is 1.76 bits per heavy atom. The van der Waals surface area contributed by atoms with E-state index < -0.39 is 17.6 Å². The minimum absolute atomic E-state index is 0.0880. The molecule has 0 aromatic heterocycles. The fraction of sp³-hybridized carbons (Fsp3) is 0.0714. The van der Waals surface area contributed by atoms with Crippen LogP contribution < -0.4 is 10.1 Å². The van der Waals surface area contributed by atoms with Crippen LogP contribution >= 0.6 is 23.2 Å². The van der Waals surface area contributed by atoms with Crippen molar-refractivity contribution in [3.05, 3.63) is 111 Å². The monoisotopic (exact) mass is 540 g/mol. The predicted molar refractivity (Wildman–Crippen MR) is 138 cm³/mol. The number of anilines is 1. The second-order valence-electron chi connectivity index (χ2n) is 7.94. The molecular weight excluding hydrogens is 524 g/mol. The minimum atomic E-state index is -4.57. The number of benzene rings is 4. The van der Waals surface area contributed by atoms with Crippen molar-refractivity contribution < 1.29 is 22.7 Å². The van der Waals surface area contributed by atoms with Crippen LogP contribution in [0.5, 0.6) is 5.75 Å². The van der Waals surface area contributed by atoms with Crippen molar-refractivity contribution in [2.24, 2.45) is 0 Å². The van der Waals surface area contributed by atoms with Gasteiger partial charge in [-0.2, -0.15) is 18.4 Å². The molecule has 4 aromatic rings. The van der Waals surface area contributed by atoms with Crippen LogP contribution in [0.4, 0.5) is 18.9 Å². The second kappa shape index (κ2) is 11.0. The Balaban J connectivity index is 1.68. The highest BCUT2D eigenvalue weighted by Crippen LogP contribution is 2.33. The lowest BCUT2D eigenvalue weighted by atomic mass is 10.0. The molecule has 1 N–H and O–H groups in total. The summed E-state index contributed by atoms with van der Waals surface area (Å²) in [6.45, 7) is 0.133. The summed E-state index contributed by atoms with van der Waals surface area (Å²) in [7, 11) is 0. The molecule has 186 valence electrons. The number of amides is 1. The van der Waals surface area contributed by atoms with E-state index in [0.29, 0.717) is 26.7 Å². The van der Waals surface area contributed by atoms with E-state index in [-0.39, 0.29) is 17.9 Å². The van der Waals surface area contributed by atoms with Crippen LogP contribution in [0.3, 0.4) is 0 Å². The number of hydrogen-bond donors (Lipinski definition) is 1. The molecule has 0 saturated heterocycles. The molecule has 1 amide bonds. The van der Waals surface area contributed by atoms with Crippen molar-refractivity contribution >= 4 is 51.6 Å². The van der Waals surface area contributed by atoms with Gasteiger partial charge in [-0.15, -0.1) is 0 Å². The number of halogens is 5. The second-order valence-corrected chi connectivity index (χ2v) is 8.75. The van der Waals surface area contributed by atoms with E-state index in [1.165, 1.54) is 18.2 Å². The zero-order valence-electron chi connectivity index (χ0n) is 18.9. The number of fused-ring (bicyclic) bond motifs is 1. The molecule has 0 unspecified atom stereocenters. The molecule has 0 bridgehead atoms. The Kier molecular flexibility index (Phi) is 7.72. The first-order valence-corrected chi connectivity index (χ1v) is 11.6. The van der Waals surface area contributed by atoms with Gasteiger partial charge in [-0.3, -0.25) is 4.79 Å². The van der Waals surface area contributed by atoms with Gasteiger partial charge >= 0.3 is 6.18 Å². The number of hydrogen-bond acceptors (Lipinski definition) is 3. The maximum atomic E-state index is 13.0. The molecule has 0 heterocycles. The molecule has 0 spiro atoms. The fourth-order valence-electron chi connectivity index (χ4n) is 3.61. The molecule has 0 saturated carbocycles. The normalized spacial score (nSPS) is 11.7. The van der Waals surface area contributed by atoms with E-state index in [1.807, 2.05) is 30.3 Å². The van der Waals surface area contributed by atoms with Crippen LogP contribution in [0.15, 0.2) is 84.4 Å². The van der Waals surface area contributed by atoms with Crippen LogP contribution in [0.25, 0.3) is 16.8 Å².